The number of aromatic hydroxyl groups is 1. The molecule has 6 rings (SSSR count). The van der Waals surface area contributed by atoms with Gasteiger partial charge in [-0.05, 0) is 121 Å². The molecule has 0 fully saturated rings. The fourth-order valence-electron chi connectivity index (χ4n) is 4.09. The van der Waals surface area contributed by atoms with E-state index in [1.807, 2.05) is 134 Å². The van der Waals surface area contributed by atoms with Gasteiger partial charge in [-0.3, -0.25) is 20.2 Å². The van der Waals surface area contributed by atoms with Crippen molar-refractivity contribution in [3.05, 3.63) is 186 Å². The number of aryl methyl sites for hydroxylation is 3. The number of nitrogen functional groups attached to an aromatic ring is 1. The summed E-state index contributed by atoms with van der Waals surface area (Å²) in [4.78, 5) is 19.9. The number of anilines is 1. The summed E-state index contributed by atoms with van der Waals surface area (Å²) in [6, 6.07) is 42.6. The molecule has 0 bridgehead atoms. The van der Waals surface area contributed by atoms with Crippen LogP contribution < -0.4 is 15.2 Å². The van der Waals surface area contributed by atoms with Crippen molar-refractivity contribution in [1.82, 2.24) is 0 Å². The van der Waals surface area contributed by atoms with Crippen LogP contribution in [0.15, 0.2) is 146 Å². The van der Waals surface area contributed by atoms with Gasteiger partial charge in [0.05, 0.1) is 15.9 Å². The number of nitro groups is 2. The molecule has 10 nitrogen and oxygen atoms in total. The Morgan fingerprint density at radius 2 is 0.940 bits per heavy atom. The van der Waals surface area contributed by atoms with Crippen molar-refractivity contribution in [2.45, 2.75) is 20.8 Å². The number of halogens is 1. The average Bonchev–Trinajstić information content (AvgIpc) is 3.06. The first-order valence-electron chi connectivity index (χ1n) is 15.1. The number of nitrogens with two attached hydrogens (primary N) is 1. The topological polar surface area (TPSA) is 151 Å². The van der Waals surface area contributed by atoms with Crippen LogP contribution >= 0.6 is 22.6 Å². The molecule has 0 unspecified atom stereocenters. The standard InChI is InChI=1S/C13H11NO3.C13H13NO.C7H8O.C6H4INO2/c1-10-4-2-6-12(8-10)17-13-7-3-5-11(9-13)14(15)16;1-10-4-2-6-12(8-10)15-13-7-3-5-11(14)9-13;1-6-3-2-4-7(8)5-6;7-5-2-1-3-6(4-5)8(9)10/h2-9H,1H3;2-9H,14H2,1H3;2-5,8H,1H3;1-4H. The lowest BCUT2D eigenvalue weighted by Gasteiger charge is -2.06. The molecule has 0 saturated carbocycles. The second-order valence-electron chi connectivity index (χ2n) is 10.7. The van der Waals surface area contributed by atoms with Crippen molar-refractivity contribution < 1.29 is 24.4 Å². The summed E-state index contributed by atoms with van der Waals surface area (Å²) in [5.41, 5.74) is 9.88. The molecule has 6 aromatic rings. The van der Waals surface area contributed by atoms with E-state index in [0.29, 0.717) is 22.9 Å². The number of rotatable bonds is 6. The van der Waals surface area contributed by atoms with E-state index in [0.717, 1.165) is 26.2 Å². The first kappa shape index (κ1) is 38.5. The molecule has 0 spiro atoms. The van der Waals surface area contributed by atoms with E-state index < -0.39 is 9.85 Å². The highest BCUT2D eigenvalue weighted by atomic mass is 127. The highest BCUT2D eigenvalue weighted by molar-refractivity contribution is 14.1. The van der Waals surface area contributed by atoms with E-state index in [9.17, 15) is 20.2 Å². The summed E-state index contributed by atoms with van der Waals surface area (Å²) in [7, 11) is 0. The largest absolute Gasteiger partial charge is 0.508 e. The summed E-state index contributed by atoms with van der Waals surface area (Å²) in [6.45, 7) is 5.94. The fraction of sp³-hybridized carbons (Fsp3) is 0.0769. The molecule has 0 aliphatic carbocycles. The number of hydrogen-bond acceptors (Lipinski definition) is 8. The van der Waals surface area contributed by atoms with Crippen LogP contribution in [0.5, 0.6) is 28.7 Å². The maximum absolute atomic E-state index is 10.6. The van der Waals surface area contributed by atoms with Crippen LogP contribution in [0.25, 0.3) is 0 Å². The van der Waals surface area contributed by atoms with E-state index in [1.165, 1.54) is 29.8 Å². The molecule has 3 N–H and O–H groups in total. The maximum Gasteiger partial charge on any atom is 0.273 e. The molecule has 0 aromatic heterocycles. The summed E-state index contributed by atoms with van der Waals surface area (Å²) in [5, 5.41) is 29.6. The molecule has 0 radical (unpaired) electrons. The summed E-state index contributed by atoms with van der Waals surface area (Å²) >= 11 is 2.03. The van der Waals surface area contributed by atoms with Gasteiger partial charge >= 0.3 is 0 Å². The average molecular weight is 786 g/mol. The number of hydrogen-bond donors (Lipinski definition) is 2. The fourth-order valence-corrected chi connectivity index (χ4v) is 4.61. The SMILES string of the molecule is Cc1cccc(O)c1.Cc1cccc(Oc2cccc(N)c2)c1.Cc1cccc(Oc2cccc([N+](=O)[O-])c2)c1.O=[N+]([O-])c1cccc(I)c1. The Hall–Kier alpha value is -5.95. The van der Waals surface area contributed by atoms with Gasteiger partial charge in [-0.25, -0.2) is 0 Å². The Morgan fingerprint density at radius 1 is 0.540 bits per heavy atom. The molecule has 256 valence electrons. The number of nitrogens with zero attached hydrogens (tertiary/aromatic N) is 2. The predicted octanol–water partition coefficient (Wildman–Crippen LogP) is 11.0. The van der Waals surface area contributed by atoms with Crippen LogP contribution in [-0.4, -0.2) is 15.0 Å². The van der Waals surface area contributed by atoms with Crippen molar-refractivity contribution in [2.24, 2.45) is 0 Å². The lowest BCUT2D eigenvalue weighted by Crippen LogP contribution is -1.89. The Morgan fingerprint density at radius 3 is 1.34 bits per heavy atom. The summed E-state index contributed by atoms with van der Waals surface area (Å²) in [6.07, 6.45) is 0. The van der Waals surface area contributed by atoms with Crippen LogP contribution in [0.1, 0.15) is 16.7 Å². The molecule has 0 heterocycles. The van der Waals surface area contributed by atoms with E-state index in [1.54, 1.807) is 30.3 Å². The minimum absolute atomic E-state index is 0.0233. The van der Waals surface area contributed by atoms with Gasteiger partial charge in [-0.2, -0.15) is 0 Å². The van der Waals surface area contributed by atoms with Gasteiger partial charge in [0.1, 0.15) is 28.7 Å². The normalized spacial score (nSPS) is 9.68. The van der Waals surface area contributed by atoms with Crippen LogP contribution in [-0.2, 0) is 0 Å². The van der Waals surface area contributed by atoms with Crippen molar-refractivity contribution in [3.63, 3.8) is 0 Å². The molecule has 6 aromatic carbocycles. The number of phenols is 1. The van der Waals surface area contributed by atoms with Gasteiger partial charge < -0.3 is 20.3 Å². The lowest BCUT2D eigenvalue weighted by molar-refractivity contribution is -0.385. The van der Waals surface area contributed by atoms with E-state index >= 15 is 0 Å². The molecular weight excluding hydrogens is 749 g/mol. The summed E-state index contributed by atoms with van der Waals surface area (Å²) in [5.74, 6) is 3.07. The van der Waals surface area contributed by atoms with E-state index in [4.69, 9.17) is 20.3 Å². The van der Waals surface area contributed by atoms with Crippen LogP contribution in [0.2, 0.25) is 0 Å². The Bertz CT molecular complexity index is 1960. The minimum atomic E-state index is -0.441. The molecule has 50 heavy (non-hydrogen) atoms. The first-order chi connectivity index (χ1) is 23.9. The van der Waals surface area contributed by atoms with Crippen molar-refractivity contribution in [2.75, 3.05) is 5.73 Å². The highest BCUT2D eigenvalue weighted by Crippen LogP contribution is 2.26. The quantitative estimate of drug-likeness (QED) is 0.0733. The van der Waals surface area contributed by atoms with Gasteiger partial charge in [0, 0.05) is 33.5 Å². The third kappa shape index (κ3) is 14.4. The first-order valence-corrected chi connectivity index (χ1v) is 16.2. The molecule has 0 saturated heterocycles. The molecule has 0 atom stereocenters. The Kier molecular flexibility index (Phi) is 15.2. The van der Waals surface area contributed by atoms with Gasteiger partial charge in [0.2, 0.25) is 0 Å². The third-order valence-corrected chi connectivity index (χ3v) is 7.03. The molecule has 0 aliphatic heterocycles. The second-order valence-corrected chi connectivity index (χ2v) is 12.0. The molecule has 11 heteroatoms. The van der Waals surface area contributed by atoms with Crippen molar-refractivity contribution in [3.8, 4) is 28.7 Å². The zero-order chi connectivity index (χ0) is 36.5. The van der Waals surface area contributed by atoms with Crippen LogP contribution in [0, 0.1) is 44.6 Å². The zero-order valence-corrected chi connectivity index (χ0v) is 29.8. The molecule has 0 amide bonds. The number of benzene rings is 6. The van der Waals surface area contributed by atoms with Gasteiger partial charge in [-0.15, -0.1) is 0 Å². The smallest absolute Gasteiger partial charge is 0.273 e. The predicted molar refractivity (Wildman–Crippen MR) is 205 cm³/mol. The lowest BCUT2D eigenvalue weighted by atomic mass is 10.2. The number of ether oxygens (including phenoxy) is 2. The maximum atomic E-state index is 10.6. The number of non-ortho nitro benzene ring substituents is 2. The molecule has 0 aliphatic rings. The van der Waals surface area contributed by atoms with Gasteiger partial charge in [0.15, 0.2) is 0 Å². The third-order valence-electron chi connectivity index (χ3n) is 6.36. The van der Waals surface area contributed by atoms with Crippen LogP contribution in [0.4, 0.5) is 17.1 Å². The van der Waals surface area contributed by atoms with Gasteiger partial charge in [-0.1, -0.05) is 54.6 Å². The number of nitro benzene ring substituents is 2. The zero-order valence-electron chi connectivity index (χ0n) is 27.6. The van der Waals surface area contributed by atoms with Crippen molar-refractivity contribution in [1.29, 1.82) is 0 Å². The van der Waals surface area contributed by atoms with E-state index in [2.05, 4.69) is 0 Å². The second kappa shape index (κ2) is 19.8. The van der Waals surface area contributed by atoms with Gasteiger partial charge in [0.25, 0.3) is 11.4 Å². The minimum Gasteiger partial charge on any atom is -0.508 e. The Labute approximate surface area is 304 Å². The monoisotopic (exact) mass is 785 g/mol. The van der Waals surface area contributed by atoms with Crippen molar-refractivity contribution >= 4 is 39.7 Å². The Balaban J connectivity index is 0.000000188. The molecular formula is C39H36IN3O7. The van der Waals surface area contributed by atoms with E-state index in [-0.39, 0.29) is 11.4 Å². The summed E-state index contributed by atoms with van der Waals surface area (Å²) < 4.78 is 12.1. The van der Waals surface area contributed by atoms with Crippen LogP contribution in [0.3, 0.4) is 0 Å². The number of phenolic OH excluding ortho intramolecular Hbond substituents is 1. The highest BCUT2D eigenvalue weighted by Gasteiger charge is 2.07.